The molecule has 0 aliphatic heterocycles. The van der Waals surface area contributed by atoms with Gasteiger partial charge in [0.15, 0.2) is 0 Å². The number of carbonyl (C=O) groups excluding carboxylic acids is 1. The third-order valence-electron chi connectivity index (χ3n) is 5.59. The lowest BCUT2D eigenvalue weighted by atomic mass is 9.87. The van der Waals surface area contributed by atoms with Crippen LogP contribution < -0.4 is 5.32 Å². The second-order valence-electron chi connectivity index (χ2n) is 7.77. The fourth-order valence-corrected chi connectivity index (χ4v) is 6.12. The zero-order valence-corrected chi connectivity index (χ0v) is 18.0. The molecule has 1 N–H and O–H groups in total. The molecule has 1 atom stereocenters. The smallest absolute Gasteiger partial charge is 0.235 e. The number of hydrogen-bond donors (Lipinski definition) is 1. The van der Waals surface area contributed by atoms with Crippen molar-refractivity contribution in [1.29, 1.82) is 10.5 Å². The van der Waals surface area contributed by atoms with Gasteiger partial charge in [0.25, 0.3) is 0 Å². The topological polar surface area (TPSA) is 89.6 Å². The molecular weight excluding hydrogens is 400 g/mol. The Morgan fingerprint density at radius 1 is 1.31 bits per heavy atom. The molecule has 2 aliphatic rings. The maximum atomic E-state index is 12.6. The molecule has 0 saturated heterocycles. The molecule has 2 aromatic rings. The number of hydrogen-bond acceptors (Lipinski definition) is 6. The van der Waals surface area contributed by atoms with E-state index in [1.807, 2.05) is 6.07 Å². The van der Waals surface area contributed by atoms with Gasteiger partial charge in [-0.05, 0) is 68.1 Å². The molecule has 2 aliphatic carbocycles. The van der Waals surface area contributed by atoms with E-state index in [0.29, 0.717) is 27.1 Å². The van der Waals surface area contributed by atoms with Gasteiger partial charge in [-0.15, -0.1) is 11.3 Å². The normalized spacial score (nSPS) is 17.6. The first-order valence-corrected chi connectivity index (χ1v) is 11.8. The molecule has 2 aromatic heterocycles. The van der Waals surface area contributed by atoms with Crippen LogP contribution in [0.5, 0.6) is 0 Å². The van der Waals surface area contributed by atoms with Crippen molar-refractivity contribution >= 4 is 34.0 Å². The highest BCUT2D eigenvalue weighted by Gasteiger charge is 2.23. The van der Waals surface area contributed by atoms with E-state index in [9.17, 15) is 15.3 Å². The molecule has 0 saturated carbocycles. The highest BCUT2D eigenvalue weighted by atomic mass is 32.2. The molecule has 29 heavy (non-hydrogen) atoms. The van der Waals surface area contributed by atoms with Crippen molar-refractivity contribution in [2.45, 2.75) is 56.9 Å². The number of pyridine rings is 1. The first-order chi connectivity index (χ1) is 14.1. The molecule has 148 valence electrons. The number of nitriles is 2. The number of rotatable bonds is 4. The molecule has 0 radical (unpaired) electrons. The van der Waals surface area contributed by atoms with E-state index >= 15 is 0 Å². The van der Waals surface area contributed by atoms with Gasteiger partial charge in [0, 0.05) is 10.6 Å². The summed E-state index contributed by atoms with van der Waals surface area (Å²) in [6, 6.07) is 6.45. The van der Waals surface area contributed by atoms with Gasteiger partial charge in [0.2, 0.25) is 5.91 Å². The van der Waals surface area contributed by atoms with Crippen molar-refractivity contribution in [1.82, 2.24) is 4.98 Å². The summed E-state index contributed by atoms with van der Waals surface area (Å²) in [7, 11) is 0. The second kappa shape index (κ2) is 8.57. The Kier molecular flexibility index (Phi) is 5.89. The SMILES string of the molecule is CC1CCc2nc(SCC(=O)Nc3sc4c(c3C#N)CCCC4)c(C#N)cc2C1. The van der Waals surface area contributed by atoms with E-state index in [4.69, 9.17) is 4.98 Å². The number of thioether (sulfide) groups is 1. The van der Waals surface area contributed by atoms with Crippen molar-refractivity contribution in [3.63, 3.8) is 0 Å². The Bertz CT molecular complexity index is 1040. The minimum absolute atomic E-state index is 0.165. The van der Waals surface area contributed by atoms with Gasteiger partial charge in [0.1, 0.15) is 22.2 Å². The van der Waals surface area contributed by atoms with Gasteiger partial charge in [-0.1, -0.05) is 18.7 Å². The quantitative estimate of drug-likeness (QED) is 0.726. The van der Waals surface area contributed by atoms with Gasteiger partial charge in [-0.2, -0.15) is 10.5 Å². The number of aromatic nitrogens is 1. The lowest BCUT2D eigenvalue weighted by Crippen LogP contribution is -2.16. The van der Waals surface area contributed by atoms with Gasteiger partial charge in [-0.25, -0.2) is 4.98 Å². The highest BCUT2D eigenvalue weighted by molar-refractivity contribution is 8.00. The van der Waals surface area contributed by atoms with Crippen molar-refractivity contribution in [3.05, 3.63) is 38.9 Å². The Labute approximate surface area is 179 Å². The molecule has 0 spiro atoms. The third-order valence-corrected chi connectivity index (χ3v) is 7.79. The standard InChI is InChI=1S/C22H22N4OS2/c1-13-6-7-18-14(8-13)9-15(10-23)21(25-18)28-12-20(27)26-22-17(11-24)16-4-2-3-5-19(16)29-22/h9,13H,2-8,12H2,1H3,(H,26,27). The average molecular weight is 423 g/mol. The predicted molar refractivity (Wildman–Crippen MR) is 115 cm³/mol. The number of anilines is 1. The molecular formula is C22H22N4OS2. The summed E-state index contributed by atoms with van der Waals surface area (Å²) in [5.74, 6) is 0.623. The van der Waals surface area contributed by atoms with E-state index in [2.05, 4.69) is 24.4 Å². The maximum Gasteiger partial charge on any atom is 0.235 e. The molecule has 4 rings (SSSR count). The van der Waals surface area contributed by atoms with Crippen LogP contribution in [0.4, 0.5) is 5.00 Å². The number of carbonyl (C=O) groups is 1. The van der Waals surface area contributed by atoms with Crippen LogP contribution in [0.3, 0.4) is 0 Å². The predicted octanol–water partition coefficient (Wildman–Crippen LogP) is 4.62. The van der Waals surface area contributed by atoms with Crippen molar-refractivity contribution in [2.75, 3.05) is 11.1 Å². The molecule has 1 unspecified atom stereocenters. The van der Waals surface area contributed by atoms with Crippen LogP contribution >= 0.6 is 23.1 Å². The molecule has 0 aromatic carbocycles. The van der Waals surface area contributed by atoms with Gasteiger partial charge < -0.3 is 5.32 Å². The van der Waals surface area contributed by atoms with E-state index in [1.54, 1.807) is 0 Å². The molecule has 0 fully saturated rings. The van der Waals surface area contributed by atoms with Crippen LogP contribution in [-0.2, 0) is 30.5 Å². The van der Waals surface area contributed by atoms with Crippen LogP contribution in [-0.4, -0.2) is 16.6 Å². The van der Waals surface area contributed by atoms with Crippen LogP contribution in [0.2, 0.25) is 0 Å². The third kappa shape index (κ3) is 4.17. The van der Waals surface area contributed by atoms with Crippen molar-refractivity contribution in [3.8, 4) is 12.1 Å². The van der Waals surface area contributed by atoms with Crippen LogP contribution in [0, 0.1) is 28.6 Å². The summed E-state index contributed by atoms with van der Waals surface area (Å²) < 4.78 is 0. The Balaban J connectivity index is 1.46. The zero-order valence-electron chi connectivity index (χ0n) is 16.4. The Morgan fingerprint density at radius 3 is 2.93 bits per heavy atom. The lowest BCUT2D eigenvalue weighted by molar-refractivity contribution is -0.113. The van der Waals surface area contributed by atoms with E-state index in [-0.39, 0.29) is 11.7 Å². The summed E-state index contributed by atoms with van der Waals surface area (Å²) in [6.45, 7) is 2.22. The van der Waals surface area contributed by atoms with Gasteiger partial charge in [-0.3, -0.25) is 4.79 Å². The number of nitrogens with zero attached hydrogens (tertiary/aromatic N) is 3. The fourth-order valence-electron chi connectivity index (χ4n) is 4.09. The summed E-state index contributed by atoms with van der Waals surface area (Å²) in [5, 5.41) is 23.3. The number of aryl methyl sites for hydroxylation is 2. The Hall–Kier alpha value is -2.35. The number of thiophene rings is 1. The summed E-state index contributed by atoms with van der Waals surface area (Å²) in [5.41, 5.74) is 4.51. The first kappa shape index (κ1) is 19.9. The number of nitrogens with one attached hydrogen (secondary N) is 1. The Morgan fingerprint density at radius 2 is 2.14 bits per heavy atom. The highest BCUT2D eigenvalue weighted by Crippen LogP contribution is 2.38. The summed E-state index contributed by atoms with van der Waals surface area (Å²) >= 11 is 2.83. The minimum atomic E-state index is -0.165. The molecule has 0 bridgehead atoms. The zero-order chi connectivity index (χ0) is 20.4. The molecule has 2 heterocycles. The van der Waals surface area contributed by atoms with Crippen LogP contribution in [0.1, 0.15) is 59.0 Å². The van der Waals surface area contributed by atoms with Crippen molar-refractivity contribution < 1.29 is 4.79 Å². The van der Waals surface area contributed by atoms with Crippen molar-refractivity contribution in [2.24, 2.45) is 5.92 Å². The first-order valence-electron chi connectivity index (χ1n) is 9.99. The second-order valence-corrected chi connectivity index (χ2v) is 9.84. The summed E-state index contributed by atoms with van der Waals surface area (Å²) in [4.78, 5) is 18.5. The van der Waals surface area contributed by atoms with Crippen LogP contribution in [0.15, 0.2) is 11.1 Å². The minimum Gasteiger partial charge on any atom is -0.316 e. The van der Waals surface area contributed by atoms with Gasteiger partial charge >= 0.3 is 0 Å². The summed E-state index contributed by atoms with van der Waals surface area (Å²) in [6.07, 6.45) is 7.14. The monoisotopic (exact) mass is 422 g/mol. The molecule has 5 nitrogen and oxygen atoms in total. The molecule has 1 amide bonds. The van der Waals surface area contributed by atoms with Gasteiger partial charge in [0.05, 0.1) is 16.9 Å². The van der Waals surface area contributed by atoms with E-state index in [1.165, 1.54) is 28.0 Å². The molecule has 7 heteroatoms. The number of fused-ring (bicyclic) bond motifs is 2. The maximum absolute atomic E-state index is 12.6. The van der Waals surface area contributed by atoms with E-state index < -0.39 is 0 Å². The van der Waals surface area contributed by atoms with E-state index in [0.717, 1.165) is 61.8 Å². The van der Waals surface area contributed by atoms with Crippen LogP contribution in [0.25, 0.3) is 0 Å². The largest absolute Gasteiger partial charge is 0.316 e. The fraction of sp³-hybridized carbons (Fsp3) is 0.455. The average Bonchev–Trinajstić information content (AvgIpc) is 3.08. The number of amides is 1. The lowest BCUT2D eigenvalue weighted by Gasteiger charge is -2.21.